The van der Waals surface area contributed by atoms with Gasteiger partial charge in [0.25, 0.3) is 5.91 Å². The summed E-state index contributed by atoms with van der Waals surface area (Å²) in [4.78, 5) is 31.5. The number of fused-ring (bicyclic) bond motifs is 2. The Balaban J connectivity index is 1.24. The summed E-state index contributed by atoms with van der Waals surface area (Å²) in [6.45, 7) is 2.62. The van der Waals surface area contributed by atoms with Crippen LogP contribution in [0.1, 0.15) is 49.0 Å². The van der Waals surface area contributed by atoms with Crippen molar-refractivity contribution in [2.75, 3.05) is 26.3 Å². The van der Waals surface area contributed by atoms with Gasteiger partial charge in [0.1, 0.15) is 5.69 Å². The second kappa shape index (κ2) is 7.59. The molecular weight excluding hydrogens is 368 g/mol. The maximum atomic E-state index is 12.8. The number of morpholine rings is 1. The number of amides is 3. The number of carbonyl (C=O) groups excluding carboxylic acids is 2. The highest BCUT2D eigenvalue weighted by molar-refractivity contribution is 5.92. The monoisotopic (exact) mass is 398 g/mol. The fourth-order valence-corrected chi connectivity index (χ4v) is 6.35. The molecule has 7 nitrogen and oxygen atoms in total. The Bertz CT molecular complexity index is 763. The van der Waals surface area contributed by atoms with Gasteiger partial charge in [0.15, 0.2) is 0 Å². The normalized spacial score (nSPS) is 35.8. The topological polar surface area (TPSA) is 83.6 Å². The van der Waals surface area contributed by atoms with Gasteiger partial charge in [-0.25, -0.2) is 4.79 Å². The molecule has 4 aliphatic rings. The van der Waals surface area contributed by atoms with Crippen LogP contribution in [-0.4, -0.2) is 59.7 Å². The Labute approximate surface area is 171 Å². The van der Waals surface area contributed by atoms with E-state index in [1.54, 1.807) is 12.3 Å². The van der Waals surface area contributed by atoms with E-state index in [2.05, 4.69) is 15.6 Å². The van der Waals surface area contributed by atoms with Crippen molar-refractivity contribution in [3.05, 3.63) is 30.1 Å². The Hall–Kier alpha value is -2.15. The molecule has 0 spiro atoms. The minimum Gasteiger partial charge on any atom is -0.378 e. The molecule has 1 aliphatic heterocycles. The summed E-state index contributed by atoms with van der Waals surface area (Å²) in [6, 6.07) is 5.72. The van der Waals surface area contributed by atoms with Gasteiger partial charge < -0.3 is 20.3 Å². The van der Waals surface area contributed by atoms with E-state index in [1.807, 2.05) is 17.0 Å². The van der Waals surface area contributed by atoms with Gasteiger partial charge in [-0.1, -0.05) is 6.07 Å². The van der Waals surface area contributed by atoms with Gasteiger partial charge >= 0.3 is 6.03 Å². The summed E-state index contributed by atoms with van der Waals surface area (Å²) < 4.78 is 5.37. The van der Waals surface area contributed by atoms with Crippen molar-refractivity contribution in [1.82, 2.24) is 20.5 Å². The lowest BCUT2D eigenvalue weighted by molar-refractivity contribution is 0.0491. The predicted molar refractivity (Wildman–Crippen MR) is 107 cm³/mol. The molecule has 156 valence electrons. The molecule has 3 saturated carbocycles. The van der Waals surface area contributed by atoms with Crippen molar-refractivity contribution >= 4 is 11.9 Å². The lowest BCUT2D eigenvalue weighted by Gasteiger charge is -2.41. The van der Waals surface area contributed by atoms with Crippen molar-refractivity contribution < 1.29 is 14.3 Å². The number of ether oxygens (including phenoxy) is 1. The minimum absolute atomic E-state index is 0.0520. The highest BCUT2D eigenvalue weighted by Crippen LogP contribution is 2.55. The van der Waals surface area contributed by atoms with Gasteiger partial charge in [0.05, 0.1) is 13.2 Å². The van der Waals surface area contributed by atoms with Crippen LogP contribution in [0, 0.1) is 17.8 Å². The maximum Gasteiger partial charge on any atom is 0.317 e. The van der Waals surface area contributed by atoms with E-state index in [1.165, 1.54) is 6.42 Å². The second-order valence-corrected chi connectivity index (χ2v) is 9.40. The zero-order chi connectivity index (χ0) is 19.8. The van der Waals surface area contributed by atoms with E-state index >= 15 is 0 Å². The molecule has 2 heterocycles. The van der Waals surface area contributed by atoms with E-state index in [0.29, 0.717) is 49.8 Å². The van der Waals surface area contributed by atoms with Gasteiger partial charge in [0.2, 0.25) is 0 Å². The standard InChI is InChI=1S/C22H30N4O3/c27-20(19-3-1-2-4-23-19)24-18-10-15-9-16-13-22(12-15,14-17(16)11-18)25-21(28)26-5-7-29-8-6-26/h1-4,15-18H,5-14H2,(H,24,27)(H,25,28). The predicted octanol–water partition coefficient (Wildman–Crippen LogP) is 2.19. The van der Waals surface area contributed by atoms with Gasteiger partial charge in [0, 0.05) is 30.9 Å². The number of carbonyl (C=O) groups is 2. The van der Waals surface area contributed by atoms with E-state index in [-0.39, 0.29) is 23.5 Å². The molecule has 4 fully saturated rings. The molecule has 1 aromatic rings. The molecule has 7 heteroatoms. The van der Waals surface area contributed by atoms with Gasteiger partial charge in [-0.05, 0) is 68.4 Å². The lowest BCUT2D eigenvalue weighted by Crippen LogP contribution is -2.56. The van der Waals surface area contributed by atoms with Gasteiger partial charge in [-0.3, -0.25) is 9.78 Å². The molecule has 1 saturated heterocycles. The van der Waals surface area contributed by atoms with Crippen LogP contribution in [0.25, 0.3) is 0 Å². The average Bonchev–Trinajstić information content (AvgIpc) is 2.90. The summed E-state index contributed by atoms with van der Waals surface area (Å²) >= 11 is 0. The zero-order valence-electron chi connectivity index (χ0n) is 16.8. The number of hydrogen-bond donors (Lipinski definition) is 2. The van der Waals surface area contributed by atoms with Crippen LogP contribution in [0.15, 0.2) is 24.4 Å². The third-order valence-electron chi connectivity index (χ3n) is 7.40. The molecule has 0 aromatic carbocycles. The first-order chi connectivity index (χ1) is 14.1. The van der Waals surface area contributed by atoms with E-state index in [0.717, 1.165) is 32.1 Å². The minimum atomic E-state index is -0.0711. The maximum absolute atomic E-state index is 12.8. The van der Waals surface area contributed by atoms with Crippen LogP contribution in [-0.2, 0) is 4.74 Å². The molecule has 2 N–H and O–H groups in total. The Morgan fingerprint density at radius 1 is 1.07 bits per heavy atom. The summed E-state index contributed by atoms with van der Waals surface area (Å²) in [7, 11) is 0. The summed E-state index contributed by atoms with van der Waals surface area (Å²) in [5.74, 6) is 1.72. The smallest absolute Gasteiger partial charge is 0.317 e. The molecule has 5 atom stereocenters. The molecule has 3 amide bonds. The second-order valence-electron chi connectivity index (χ2n) is 9.40. The fourth-order valence-electron chi connectivity index (χ4n) is 6.35. The summed E-state index contributed by atoms with van der Waals surface area (Å²) in [6.07, 6.45) is 8.06. The molecule has 1 aromatic heterocycles. The number of rotatable bonds is 3. The summed E-state index contributed by atoms with van der Waals surface area (Å²) in [5.41, 5.74) is 0.435. The highest BCUT2D eigenvalue weighted by Gasteiger charge is 2.54. The van der Waals surface area contributed by atoms with Crippen LogP contribution in [0.2, 0.25) is 0 Å². The van der Waals surface area contributed by atoms with Gasteiger partial charge in [-0.2, -0.15) is 0 Å². The first-order valence-electron chi connectivity index (χ1n) is 11.0. The van der Waals surface area contributed by atoms with Crippen LogP contribution in [0.5, 0.6) is 0 Å². The quantitative estimate of drug-likeness (QED) is 0.818. The van der Waals surface area contributed by atoms with Gasteiger partial charge in [-0.15, -0.1) is 0 Å². The van der Waals surface area contributed by atoms with E-state index < -0.39 is 0 Å². The number of aromatic nitrogens is 1. The van der Waals surface area contributed by atoms with Crippen LogP contribution in [0.3, 0.4) is 0 Å². The van der Waals surface area contributed by atoms with Crippen molar-refractivity contribution in [3.8, 4) is 0 Å². The van der Waals surface area contributed by atoms with Crippen molar-refractivity contribution in [2.24, 2.45) is 17.8 Å². The summed E-state index contributed by atoms with van der Waals surface area (Å²) in [5, 5.41) is 6.67. The van der Waals surface area contributed by atoms with Crippen molar-refractivity contribution in [3.63, 3.8) is 0 Å². The van der Waals surface area contributed by atoms with E-state index in [4.69, 9.17) is 4.74 Å². The lowest BCUT2D eigenvalue weighted by atomic mass is 9.74. The third-order valence-corrected chi connectivity index (χ3v) is 7.40. The SMILES string of the molecule is O=C(NC1CC2CC3CC(NC(=O)N4CCOCC4)(C2)CC3C1)c1ccccn1. The first-order valence-corrected chi connectivity index (χ1v) is 11.0. The number of pyridine rings is 1. The van der Waals surface area contributed by atoms with Crippen molar-refractivity contribution in [1.29, 1.82) is 0 Å². The number of nitrogens with zero attached hydrogens (tertiary/aromatic N) is 2. The number of urea groups is 1. The molecule has 5 unspecified atom stereocenters. The Morgan fingerprint density at radius 3 is 2.62 bits per heavy atom. The van der Waals surface area contributed by atoms with E-state index in [9.17, 15) is 9.59 Å². The van der Waals surface area contributed by atoms with Crippen molar-refractivity contribution in [2.45, 2.75) is 50.1 Å². The Kier molecular flexibility index (Phi) is 4.94. The molecule has 0 radical (unpaired) electrons. The zero-order valence-corrected chi connectivity index (χ0v) is 16.8. The molecule has 5 rings (SSSR count). The molecule has 3 aliphatic carbocycles. The molecule has 29 heavy (non-hydrogen) atoms. The third kappa shape index (κ3) is 3.84. The average molecular weight is 399 g/mol. The largest absolute Gasteiger partial charge is 0.378 e. The fraction of sp³-hybridized carbons (Fsp3) is 0.682. The Morgan fingerprint density at radius 2 is 1.86 bits per heavy atom. The number of hydrogen-bond acceptors (Lipinski definition) is 4. The number of nitrogens with one attached hydrogen (secondary N) is 2. The highest BCUT2D eigenvalue weighted by atomic mass is 16.5. The molecular formula is C22H30N4O3. The van der Waals surface area contributed by atoms with Crippen LogP contribution >= 0.6 is 0 Å². The van der Waals surface area contributed by atoms with Crippen LogP contribution < -0.4 is 10.6 Å². The van der Waals surface area contributed by atoms with Crippen LogP contribution in [0.4, 0.5) is 4.79 Å². The first kappa shape index (κ1) is 18.9. The molecule has 3 bridgehead atoms.